The molecule has 0 saturated carbocycles. The van der Waals surface area contributed by atoms with Crippen LogP contribution in [-0.4, -0.2) is 48.6 Å². The number of likely N-dealkylation sites (N-methyl/N-ethyl adjacent to an activating group) is 1. The Hall–Kier alpha value is -1.54. The fraction of sp³-hybridized carbons (Fsp3) is 0.556. The minimum atomic E-state index is -0.916. The van der Waals surface area contributed by atoms with E-state index in [9.17, 15) is 9.59 Å². The van der Waals surface area contributed by atoms with E-state index in [1.807, 2.05) is 0 Å². The molecule has 2 N–H and O–H groups in total. The van der Waals surface area contributed by atoms with Crippen LogP contribution in [-0.2, 0) is 9.59 Å². The summed E-state index contributed by atoms with van der Waals surface area (Å²) < 4.78 is 0. The number of hydrogen-bond acceptors (Lipinski definition) is 3. The molecule has 0 radical (unpaired) electrons. The normalized spacial score (nSPS) is 9.14. The zero-order valence-electron chi connectivity index (χ0n) is 8.12. The number of nitrogens with one attached hydrogen (secondary N) is 1. The van der Waals surface area contributed by atoms with Gasteiger partial charge in [-0.05, 0) is 0 Å². The Morgan fingerprint density at radius 1 is 1.57 bits per heavy atom. The van der Waals surface area contributed by atoms with Crippen molar-refractivity contribution in [2.45, 2.75) is 6.42 Å². The van der Waals surface area contributed by atoms with E-state index in [0.29, 0.717) is 6.54 Å². The van der Waals surface area contributed by atoms with Crippen molar-refractivity contribution in [3.8, 4) is 12.3 Å². The third-order valence-corrected chi connectivity index (χ3v) is 1.59. The molecule has 0 bridgehead atoms. The highest BCUT2D eigenvalue weighted by atomic mass is 16.4. The Balaban J connectivity index is 3.66. The fourth-order valence-corrected chi connectivity index (χ4v) is 0.765. The summed E-state index contributed by atoms with van der Waals surface area (Å²) in [4.78, 5) is 22.8. The first kappa shape index (κ1) is 12.5. The van der Waals surface area contributed by atoms with Gasteiger partial charge in [-0.15, -0.1) is 6.42 Å². The van der Waals surface area contributed by atoms with E-state index in [1.54, 1.807) is 7.05 Å². The lowest BCUT2D eigenvalue weighted by Gasteiger charge is -2.15. The van der Waals surface area contributed by atoms with Crippen LogP contribution >= 0.6 is 0 Å². The van der Waals surface area contributed by atoms with E-state index < -0.39 is 5.97 Å². The summed E-state index contributed by atoms with van der Waals surface area (Å²) in [5, 5.41) is 11.1. The predicted octanol–water partition coefficient (Wildman–Crippen LogP) is -0.858. The Morgan fingerprint density at radius 2 is 2.21 bits per heavy atom. The molecule has 0 aromatic rings. The van der Waals surface area contributed by atoms with Crippen LogP contribution in [0.2, 0.25) is 0 Å². The molecule has 0 spiro atoms. The standard InChI is InChI=1S/C9H14N2O3/c1-3-5-10-7-8(12)11(2)6-4-9(13)14/h1,10H,4-7H2,2H3,(H,13,14). The van der Waals surface area contributed by atoms with Crippen LogP contribution in [0.4, 0.5) is 0 Å². The number of terminal acetylenes is 1. The molecule has 0 atom stereocenters. The third kappa shape index (κ3) is 6.03. The predicted molar refractivity (Wildman–Crippen MR) is 51.6 cm³/mol. The molecule has 5 heteroatoms. The molecule has 0 rings (SSSR count). The highest BCUT2D eigenvalue weighted by Gasteiger charge is 2.08. The van der Waals surface area contributed by atoms with Crippen molar-refractivity contribution in [1.29, 1.82) is 0 Å². The molecular weight excluding hydrogens is 184 g/mol. The van der Waals surface area contributed by atoms with Crippen molar-refractivity contribution in [2.75, 3.05) is 26.7 Å². The number of carboxylic acid groups (broad SMARTS) is 1. The van der Waals surface area contributed by atoms with Gasteiger partial charge in [0.05, 0.1) is 19.5 Å². The smallest absolute Gasteiger partial charge is 0.305 e. The van der Waals surface area contributed by atoms with Gasteiger partial charge in [-0.3, -0.25) is 14.9 Å². The Bertz CT molecular complexity index is 245. The summed E-state index contributed by atoms with van der Waals surface area (Å²) >= 11 is 0. The van der Waals surface area contributed by atoms with Gasteiger partial charge in [-0.25, -0.2) is 0 Å². The van der Waals surface area contributed by atoms with E-state index in [4.69, 9.17) is 11.5 Å². The summed E-state index contributed by atoms with van der Waals surface area (Å²) in [5.41, 5.74) is 0. The molecule has 0 heterocycles. The van der Waals surface area contributed by atoms with Crippen molar-refractivity contribution in [3.05, 3.63) is 0 Å². The first-order valence-corrected chi connectivity index (χ1v) is 4.18. The first-order chi connectivity index (χ1) is 6.57. The minimum Gasteiger partial charge on any atom is -0.481 e. The minimum absolute atomic E-state index is 0.0443. The number of carboxylic acids is 1. The molecule has 0 aliphatic rings. The topological polar surface area (TPSA) is 69.6 Å². The van der Waals surface area contributed by atoms with E-state index >= 15 is 0 Å². The summed E-state index contributed by atoms with van der Waals surface area (Å²) in [7, 11) is 1.56. The number of amides is 1. The second kappa shape index (κ2) is 6.92. The Labute approximate surface area is 83.1 Å². The van der Waals surface area contributed by atoms with Gasteiger partial charge in [0.2, 0.25) is 5.91 Å². The van der Waals surface area contributed by atoms with Gasteiger partial charge in [0, 0.05) is 13.6 Å². The molecule has 0 aromatic carbocycles. The molecule has 5 nitrogen and oxygen atoms in total. The lowest BCUT2D eigenvalue weighted by Crippen LogP contribution is -2.36. The zero-order chi connectivity index (χ0) is 11.0. The highest BCUT2D eigenvalue weighted by molar-refractivity contribution is 5.78. The SMILES string of the molecule is C#CCNCC(=O)N(C)CCC(=O)O. The van der Waals surface area contributed by atoms with E-state index in [-0.39, 0.29) is 25.4 Å². The van der Waals surface area contributed by atoms with Gasteiger partial charge in [0.1, 0.15) is 0 Å². The molecule has 1 amide bonds. The lowest BCUT2D eigenvalue weighted by molar-refractivity contribution is -0.138. The number of hydrogen-bond donors (Lipinski definition) is 2. The summed E-state index contributed by atoms with van der Waals surface area (Å²) in [6.07, 6.45) is 4.93. The lowest BCUT2D eigenvalue weighted by atomic mass is 10.4. The number of carbonyl (C=O) groups excluding carboxylic acids is 1. The van der Waals surface area contributed by atoms with Crippen molar-refractivity contribution >= 4 is 11.9 Å². The molecule has 0 fully saturated rings. The van der Waals surface area contributed by atoms with Gasteiger partial charge < -0.3 is 10.0 Å². The monoisotopic (exact) mass is 198 g/mol. The molecule has 0 aliphatic heterocycles. The van der Waals surface area contributed by atoms with Crippen molar-refractivity contribution in [3.63, 3.8) is 0 Å². The van der Waals surface area contributed by atoms with Crippen LogP contribution in [0.5, 0.6) is 0 Å². The molecule has 0 aromatic heterocycles. The van der Waals surface area contributed by atoms with Crippen molar-refractivity contribution < 1.29 is 14.7 Å². The number of nitrogens with zero attached hydrogens (tertiary/aromatic N) is 1. The van der Waals surface area contributed by atoms with Gasteiger partial charge in [-0.1, -0.05) is 5.92 Å². The first-order valence-electron chi connectivity index (χ1n) is 4.18. The van der Waals surface area contributed by atoms with Crippen LogP contribution in [0.25, 0.3) is 0 Å². The van der Waals surface area contributed by atoms with Crippen molar-refractivity contribution in [2.24, 2.45) is 0 Å². The Kier molecular flexibility index (Phi) is 6.16. The van der Waals surface area contributed by atoms with Gasteiger partial charge in [-0.2, -0.15) is 0 Å². The summed E-state index contributed by atoms with van der Waals surface area (Å²) in [5.74, 6) is 1.26. The second-order valence-corrected chi connectivity index (χ2v) is 2.77. The molecule has 14 heavy (non-hydrogen) atoms. The van der Waals surface area contributed by atoms with Crippen LogP contribution in [0.1, 0.15) is 6.42 Å². The van der Waals surface area contributed by atoms with E-state index in [2.05, 4.69) is 11.2 Å². The molecule has 0 saturated heterocycles. The van der Waals surface area contributed by atoms with Crippen LogP contribution in [0.15, 0.2) is 0 Å². The quantitative estimate of drug-likeness (QED) is 0.430. The fourth-order valence-electron chi connectivity index (χ4n) is 0.765. The molecule has 78 valence electrons. The average molecular weight is 198 g/mol. The van der Waals surface area contributed by atoms with Gasteiger partial charge in [0.15, 0.2) is 0 Å². The van der Waals surface area contributed by atoms with E-state index in [1.165, 1.54) is 4.90 Å². The summed E-state index contributed by atoms with van der Waals surface area (Å²) in [6, 6.07) is 0. The maximum absolute atomic E-state index is 11.2. The number of carbonyl (C=O) groups is 2. The van der Waals surface area contributed by atoms with Gasteiger partial charge in [0.25, 0.3) is 0 Å². The largest absolute Gasteiger partial charge is 0.481 e. The molecular formula is C9H14N2O3. The summed E-state index contributed by atoms with van der Waals surface area (Å²) in [6.45, 7) is 0.685. The second-order valence-electron chi connectivity index (χ2n) is 2.77. The molecule has 0 unspecified atom stereocenters. The average Bonchev–Trinajstić information content (AvgIpc) is 2.14. The molecule has 0 aliphatic carbocycles. The van der Waals surface area contributed by atoms with Crippen LogP contribution in [0.3, 0.4) is 0 Å². The van der Waals surface area contributed by atoms with Crippen molar-refractivity contribution in [1.82, 2.24) is 10.2 Å². The van der Waals surface area contributed by atoms with E-state index in [0.717, 1.165) is 0 Å². The Morgan fingerprint density at radius 3 is 2.71 bits per heavy atom. The van der Waals surface area contributed by atoms with Gasteiger partial charge >= 0.3 is 5.97 Å². The van der Waals surface area contributed by atoms with Crippen LogP contribution in [0, 0.1) is 12.3 Å². The maximum atomic E-state index is 11.2. The third-order valence-electron chi connectivity index (χ3n) is 1.59. The number of rotatable bonds is 6. The zero-order valence-corrected chi connectivity index (χ0v) is 8.12. The number of aliphatic carboxylic acids is 1. The highest BCUT2D eigenvalue weighted by Crippen LogP contribution is 1.88. The maximum Gasteiger partial charge on any atom is 0.305 e. The van der Waals surface area contributed by atoms with Crippen LogP contribution < -0.4 is 5.32 Å².